The van der Waals surface area contributed by atoms with Gasteiger partial charge in [-0.25, -0.2) is 0 Å². The van der Waals surface area contributed by atoms with E-state index < -0.39 is 11.9 Å². The van der Waals surface area contributed by atoms with Crippen molar-refractivity contribution in [3.8, 4) is 0 Å². The molecule has 0 spiro atoms. The Morgan fingerprint density at radius 1 is 0.694 bits per heavy atom. The number of carbonyl (C=O) groups excluding carboxylic acids is 2. The van der Waals surface area contributed by atoms with E-state index in [9.17, 15) is 19.8 Å². The Bertz CT molecular complexity index is 1040. The Morgan fingerprint density at radius 2 is 1.11 bits per heavy atom. The molecule has 4 rings (SSSR count). The Morgan fingerprint density at radius 3 is 1.50 bits per heavy atom. The minimum atomic E-state index is -1.18. The number of rotatable bonds is 4. The predicted octanol–water partition coefficient (Wildman–Crippen LogP) is 4.69. The Hall–Kier alpha value is -2.41. The Kier molecular flexibility index (Phi) is 15.0. The molecule has 0 saturated heterocycles. The van der Waals surface area contributed by atoms with Crippen LogP contribution in [0, 0.1) is 0 Å². The van der Waals surface area contributed by atoms with Gasteiger partial charge in [-0.15, -0.1) is 0 Å². The van der Waals surface area contributed by atoms with Gasteiger partial charge in [-0.05, 0) is 48.2 Å². The Balaban J connectivity index is 0.000000276. The predicted molar refractivity (Wildman–Crippen MR) is 140 cm³/mol. The zero-order valence-corrected chi connectivity index (χ0v) is 22.5. The van der Waals surface area contributed by atoms with Crippen molar-refractivity contribution in [3.05, 3.63) is 106 Å². The van der Waals surface area contributed by atoms with E-state index in [1.54, 1.807) is 0 Å². The molecule has 0 heterocycles. The van der Waals surface area contributed by atoms with E-state index in [-0.39, 0.29) is 28.2 Å². The number of benzene rings is 3. The van der Waals surface area contributed by atoms with Crippen LogP contribution in [0.4, 0.5) is 0 Å². The van der Waals surface area contributed by atoms with Crippen molar-refractivity contribution < 1.29 is 36.9 Å². The molecular formula is C27H25Cl2CuNO4S. The van der Waals surface area contributed by atoms with Crippen LogP contribution in [-0.2, 0) is 17.1 Å². The van der Waals surface area contributed by atoms with Crippen LogP contribution in [-0.4, -0.2) is 23.0 Å². The van der Waals surface area contributed by atoms with E-state index in [0.717, 1.165) is 10.6 Å². The van der Waals surface area contributed by atoms with Crippen LogP contribution in [0.3, 0.4) is 0 Å². The molecule has 1 radical (unpaired) electrons. The van der Waals surface area contributed by atoms with Gasteiger partial charge in [0.2, 0.25) is 0 Å². The summed E-state index contributed by atoms with van der Waals surface area (Å²) >= 11 is 16.4. The van der Waals surface area contributed by atoms with Crippen LogP contribution in [0.25, 0.3) is 0 Å². The summed E-state index contributed by atoms with van der Waals surface area (Å²) in [5, 5.41) is 24.8. The Labute approximate surface area is 237 Å². The zero-order valence-electron chi connectivity index (χ0n) is 19.2. The first-order valence-electron chi connectivity index (χ1n) is 11.1. The van der Waals surface area contributed by atoms with Crippen molar-refractivity contribution in [2.75, 3.05) is 0 Å². The fourth-order valence-corrected chi connectivity index (χ4v) is 3.83. The first-order valence-corrected chi connectivity index (χ1v) is 12.2. The van der Waals surface area contributed by atoms with Gasteiger partial charge in [0, 0.05) is 21.7 Å². The van der Waals surface area contributed by atoms with E-state index in [2.05, 4.69) is 17.4 Å². The molecule has 36 heavy (non-hydrogen) atoms. The average molecular weight is 594 g/mol. The number of carbonyl (C=O) groups is 2. The van der Waals surface area contributed by atoms with Crippen molar-refractivity contribution >= 4 is 52.3 Å². The van der Waals surface area contributed by atoms with Gasteiger partial charge in [0.25, 0.3) is 0 Å². The first kappa shape index (κ1) is 31.6. The molecule has 0 unspecified atom stereocenters. The summed E-state index contributed by atoms with van der Waals surface area (Å²) in [5.41, 5.74) is 1.42. The van der Waals surface area contributed by atoms with E-state index in [4.69, 9.17) is 35.4 Å². The van der Waals surface area contributed by atoms with Gasteiger partial charge in [-0.3, -0.25) is 0 Å². The third-order valence-electron chi connectivity index (χ3n) is 5.14. The third kappa shape index (κ3) is 12.0. The molecule has 1 aliphatic carbocycles. The summed E-state index contributed by atoms with van der Waals surface area (Å²) in [7, 11) is 0. The van der Waals surface area contributed by atoms with Gasteiger partial charge in [0.15, 0.2) is 0 Å². The van der Waals surface area contributed by atoms with E-state index in [0.29, 0.717) is 16.1 Å². The van der Waals surface area contributed by atoms with Crippen LogP contribution in [0.15, 0.2) is 78.9 Å². The molecule has 1 fully saturated rings. The summed E-state index contributed by atoms with van der Waals surface area (Å²) in [6, 6.07) is 22.5. The summed E-state index contributed by atoms with van der Waals surface area (Å²) in [4.78, 5) is 21.2. The molecule has 0 aliphatic heterocycles. The van der Waals surface area contributed by atoms with Gasteiger partial charge in [0.05, 0.1) is 11.9 Å². The summed E-state index contributed by atoms with van der Waals surface area (Å²) in [6.45, 7) is 0. The average Bonchev–Trinajstić information content (AvgIpc) is 2.86. The third-order valence-corrected chi connectivity index (χ3v) is 5.99. The number of hydrogen-bond donors (Lipinski definition) is 1. The molecule has 193 valence electrons. The zero-order chi connectivity index (χ0) is 25.6. The van der Waals surface area contributed by atoms with Gasteiger partial charge >= 0.3 is 17.1 Å². The topological polar surface area (TPSA) is 92.3 Å². The second-order valence-corrected chi connectivity index (χ2v) is 9.04. The number of carboxylic acid groups (broad SMARTS) is 2. The molecular weight excluding hydrogens is 569 g/mol. The monoisotopic (exact) mass is 592 g/mol. The molecule has 3 aromatic carbocycles. The SMILES string of the molecule is O=C([O-])c1ccc(Cl)cc1.O=C([O-])c1ccc(Cl)cc1.S=C(NC1CCCCC1)c1ccccc1.[Cu+2]. The largest absolute Gasteiger partial charge is 2.00 e. The van der Waals surface area contributed by atoms with Gasteiger partial charge in [-0.2, -0.15) is 0 Å². The number of hydrogen-bond acceptors (Lipinski definition) is 5. The molecule has 5 nitrogen and oxygen atoms in total. The van der Waals surface area contributed by atoms with Crippen molar-refractivity contribution in [1.29, 1.82) is 0 Å². The standard InChI is InChI=1S/C13H17NS.2C7H5ClO2.Cu/c15-13(11-7-3-1-4-8-11)14-12-9-5-2-6-10-12;2*8-6-3-1-5(2-4-6)7(9)10;/h1,3-4,7-8,12H,2,5-6,9-10H2,(H,14,15);2*1-4H,(H,9,10);/q;;;+2/p-2. The number of aromatic carboxylic acids is 2. The molecule has 1 aliphatic rings. The number of nitrogens with one attached hydrogen (secondary N) is 1. The van der Waals surface area contributed by atoms with Crippen LogP contribution in [0.5, 0.6) is 0 Å². The minimum absolute atomic E-state index is 0. The van der Waals surface area contributed by atoms with Crippen LogP contribution in [0.2, 0.25) is 10.0 Å². The van der Waals surface area contributed by atoms with Crippen molar-refractivity contribution in [2.45, 2.75) is 38.1 Å². The van der Waals surface area contributed by atoms with Crippen molar-refractivity contribution in [2.24, 2.45) is 0 Å². The van der Waals surface area contributed by atoms with E-state index in [1.165, 1.54) is 80.6 Å². The van der Waals surface area contributed by atoms with Crippen molar-refractivity contribution in [1.82, 2.24) is 5.32 Å². The smallest absolute Gasteiger partial charge is 0.545 e. The first-order chi connectivity index (χ1) is 16.8. The van der Waals surface area contributed by atoms with Crippen LogP contribution >= 0.6 is 35.4 Å². The maximum Gasteiger partial charge on any atom is 2.00 e. The van der Waals surface area contributed by atoms with E-state index in [1.807, 2.05) is 18.2 Å². The maximum atomic E-state index is 10.2. The summed E-state index contributed by atoms with van der Waals surface area (Å²) < 4.78 is 0. The fraction of sp³-hybridized carbons (Fsp3) is 0.222. The summed E-state index contributed by atoms with van der Waals surface area (Å²) in [5.74, 6) is -2.37. The minimum Gasteiger partial charge on any atom is -0.545 e. The molecule has 3 aromatic rings. The molecule has 0 bridgehead atoms. The maximum absolute atomic E-state index is 10.2. The van der Waals surface area contributed by atoms with Crippen LogP contribution in [0.1, 0.15) is 58.4 Å². The number of halogens is 2. The summed E-state index contributed by atoms with van der Waals surface area (Å²) in [6.07, 6.45) is 6.61. The van der Waals surface area contributed by atoms with Crippen LogP contribution < -0.4 is 15.5 Å². The van der Waals surface area contributed by atoms with Gasteiger partial charge in [-0.1, -0.05) is 109 Å². The quantitative estimate of drug-likeness (QED) is 0.349. The van der Waals surface area contributed by atoms with Gasteiger partial charge in [0.1, 0.15) is 4.99 Å². The number of carboxylic acids is 2. The second kappa shape index (κ2) is 17.1. The molecule has 0 aromatic heterocycles. The molecule has 0 amide bonds. The molecule has 1 saturated carbocycles. The molecule has 9 heteroatoms. The normalized spacial score (nSPS) is 12.4. The van der Waals surface area contributed by atoms with E-state index >= 15 is 0 Å². The van der Waals surface area contributed by atoms with Gasteiger partial charge < -0.3 is 25.1 Å². The van der Waals surface area contributed by atoms with Crippen molar-refractivity contribution in [3.63, 3.8) is 0 Å². The fourth-order valence-electron chi connectivity index (χ4n) is 3.28. The molecule has 1 N–H and O–H groups in total. The molecule has 0 atom stereocenters. The second-order valence-electron chi connectivity index (χ2n) is 7.76. The number of thiocarbonyl (C=S) groups is 1.